The fourth-order valence-electron chi connectivity index (χ4n) is 3.10. The molecule has 1 aromatic carbocycles. The molecule has 0 aliphatic heterocycles. The molecule has 3 aromatic rings. The monoisotopic (exact) mass is 469 g/mol. The lowest BCUT2D eigenvalue weighted by molar-refractivity contribution is 0.0547. The minimum absolute atomic E-state index is 0.498. The third kappa shape index (κ3) is 10.1. The van der Waals surface area contributed by atoms with E-state index in [1.807, 2.05) is 35.3 Å². The molecule has 0 saturated heterocycles. The van der Waals surface area contributed by atoms with E-state index in [2.05, 4.69) is 48.0 Å². The lowest BCUT2D eigenvalue weighted by atomic mass is 10.1. The van der Waals surface area contributed by atoms with Gasteiger partial charge >= 0.3 is 0 Å². The van der Waals surface area contributed by atoms with Gasteiger partial charge in [0.05, 0.1) is 32.8 Å². The molecule has 0 saturated carbocycles. The van der Waals surface area contributed by atoms with Crippen molar-refractivity contribution in [2.24, 2.45) is 5.73 Å². The lowest BCUT2D eigenvalue weighted by Crippen LogP contribution is -2.18. The number of nitrogens with two attached hydrogens (primary N) is 1. The molecule has 5 N–H and O–H groups in total. The van der Waals surface area contributed by atoms with Crippen molar-refractivity contribution >= 4 is 17.8 Å². The Bertz CT molecular complexity index is 910. The molecule has 3 rings (SSSR count). The Morgan fingerprint density at radius 3 is 2.15 bits per heavy atom. The molecule has 0 spiro atoms. The quantitative estimate of drug-likeness (QED) is 0.203. The van der Waals surface area contributed by atoms with Crippen molar-refractivity contribution in [1.82, 2.24) is 24.5 Å². The van der Waals surface area contributed by atoms with Crippen molar-refractivity contribution in [3.8, 4) is 0 Å². The molecular formula is C23H35N9O2. The normalized spacial score (nSPS) is 10.9. The molecule has 34 heavy (non-hydrogen) atoms. The van der Waals surface area contributed by atoms with Crippen LogP contribution in [0.25, 0.3) is 0 Å². The summed E-state index contributed by atoms with van der Waals surface area (Å²) in [6.45, 7) is 5.54. The van der Waals surface area contributed by atoms with Crippen molar-refractivity contribution in [2.75, 3.05) is 68.6 Å². The van der Waals surface area contributed by atoms with Crippen LogP contribution in [0.4, 0.5) is 17.8 Å². The highest BCUT2D eigenvalue weighted by Gasteiger charge is 2.07. The molecular weight excluding hydrogens is 434 g/mol. The van der Waals surface area contributed by atoms with E-state index in [0.29, 0.717) is 57.4 Å². The van der Waals surface area contributed by atoms with Crippen molar-refractivity contribution in [2.45, 2.75) is 19.4 Å². The zero-order valence-electron chi connectivity index (χ0n) is 19.5. The number of rotatable bonds is 18. The summed E-state index contributed by atoms with van der Waals surface area (Å²) in [5, 5.41) is 9.80. The second kappa shape index (κ2) is 15.5. The smallest absolute Gasteiger partial charge is 0.229 e. The third-order valence-corrected chi connectivity index (χ3v) is 4.77. The fourth-order valence-corrected chi connectivity index (χ4v) is 3.10. The predicted molar refractivity (Wildman–Crippen MR) is 133 cm³/mol. The van der Waals surface area contributed by atoms with Crippen LogP contribution in [0.3, 0.4) is 0 Å². The molecule has 0 bridgehead atoms. The van der Waals surface area contributed by atoms with Crippen molar-refractivity contribution in [3.05, 3.63) is 54.6 Å². The molecule has 11 heteroatoms. The average Bonchev–Trinajstić information content (AvgIpc) is 3.38. The topological polar surface area (TPSA) is 137 Å². The summed E-state index contributed by atoms with van der Waals surface area (Å²) in [7, 11) is 0. The SMILES string of the molecule is NCCOCCOCCNc1nc(NCCCn2ccnc2)nc(NCCc2ccccc2)n1. The summed E-state index contributed by atoms with van der Waals surface area (Å²) in [5.41, 5.74) is 6.65. The number of anilines is 3. The Kier molecular flexibility index (Phi) is 11.6. The highest BCUT2D eigenvalue weighted by molar-refractivity contribution is 5.42. The first-order valence-electron chi connectivity index (χ1n) is 11.7. The van der Waals surface area contributed by atoms with E-state index < -0.39 is 0 Å². The van der Waals surface area contributed by atoms with Crippen molar-refractivity contribution < 1.29 is 9.47 Å². The number of ether oxygens (including phenoxy) is 2. The van der Waals surface area contributed by atoms with Crippen LogP contribution in [0, 0.1) is 0 Å². The van der Waals surface area contributed by atoms with Crippen LogP contribution in [-0.2, 0) is 22.4 Å². The summed E-state index contributed by atoms with van der Waals surface area (Å²) >= 11 is 0. The van der Waals surface area contributed by atoms with Crippen LogP contribution in [0.15, 0.2) is 49.1 Å². The minimum Gasteiger partial charge on any atom is -0.378 e. The number of hydrogen-bond donors (Lipinski definition) is 4. The van der Waals surface area contributed by atoms with Crippen LogP contribution in [-0.4, -0.2) is 77.1 Å². The summed E-state index contributed by atoms with van der Waals surface area (Å²) in [6, 6.07) is 10.3. The highest BCUT2D eigenvalue weighted by atomic mass is 16.5. The Morgan fingerprint density at radius 1 is 0.794 bits per heavy atom. The number of benzene rings is 1. The van der Waals surface area contributed by atoms with Gasteiger partial charge in [0, 0.05) is 45.1 Å². The summed E-state index contributed by atoms with van der Waals surface area (Å²) in [5.74, 6) is 1.56. The van der Waals surface area contributed by atoms with Gasteiger partial charge < -0.3 is 35.7 Å². The third-order valence-electron chi connectivity index (χ3n) is 4.77. The molecule has 0 fully saturated rings. The summed E-state index contributed by atoms with van der Waals surface area (Å²) < 4.78 is 12.9. The van der Waals surface area contributed by atoms with E-state index in [9.17, 15) is 0 Å². The second-order valence-corrected chi connectivity index (χ2v) is 7.49. The van der Waals surface area contributed by atoms with Gasteiger partial charge in [-0.3, -0.25) is 0 Å². The maximum atomic E-state index is 5.55. The maximum absolute atomic E-state index is 5.55. The molecule has 0 aliphatic rings. The molecule has 11 nitrogen and oxygen atoms in total. The van der Waals surface area contributed by atoms with E-state index >= 15 is 0 Å². The largest absolute Gasteiger partial charge is 0.378 e. The molecule has 0 radical (unpaired) electrons. The zero-order chi connectivity index (χ0) is 23.7. The number of aromatic nitrogens is 5. The van der Waals surface area contributed by atoms with Gasteiger partial charge in [0.1, 0.15) is 0 Å². The van der Waals surface area contributed by atoms with E-state index in [-0.39, 0.29) is 0 Å². The fraction of sp³-hybridized carbons (Fsp3) is 0.478. The highest BCUT2D eigenvalue weighted by Crippen LogP contribution is 2.10. The predicted octanol–water partition coefficient (Wildman–Crippen LogP) is 1.63. The van der Waals surface area contributed by atoms with Crippen molar-refractivity contribution in [3.63, 3.8) is 0 Å². The van der Waals surface area contributed by atoms with Crippen LogP contribution >= 0.6 is 0 Å². The van der Waals surface area contributed by atoms with Gasteiger partial charge in [-0.25, -0.2) is 4.98 Å². The summed E-state index contributed by atoms with van der Waals surface area (Å²) in [4.78, 5) is 17.6. The van der Waals surface area contributed by atoms with Crippen LogP contribution in [0.1, 0.15) is 12.0 Å². The Hall–Kier alpha value is -3.28. The molecule has 0 atom stereocenters. The molecule has 184 valence electrons. The van der Waals surface area contributed by atoms with Gasteiger partial charge in [0.25, 0.3) is 0 Å². The Balaban J connectivity index is 1.47. The number of aryl methyl sites for hydroxylation is 1. The summed E-state index contributed by atoms with van der Waals surface area (Å²) in [6.07, 6.45) is 7.34. The molecule has 0 unspecified atom stereocenters. The first kappa shape index (κ1) is 25.3. The van der Waals surface area contributed by atoms with Gasteiger partial charge in [-0.2, -0.15) is 15.0 Å². The average molecular weight is 470 g/mol. The lowest BCUT2D eigenvalue weighted by Gasteiger charge is -2.12. The Labute approximate surface area is 200 Å². The standard InChI is InChI=1S/C23H35N9O2/c24-8-15-33-17-18-34-16-12-28-23-30-21(26-9-4-13-32-14-11-25-19-32)29-22(31-23)27-10-7-20-5-2-1-3-6-20/h1-3,5-6,11,14,19H,4,7-10,12-13,15-18,24H2,(H3,26,27,28,29,30,31). The first-order chi connectivity index (χ1) is 16.8. The van der Waals surface area contributed by atoms with E-state index in [0.717, 1.165) is 32.5 Å². The van der Waals surface area contributed by atoms with E-state index in [1.165, 1.54) is 5.56 Å². The number of nitrogens with one attached hydrogen (secondary N) is 3. The molecule has 2 heterocycles. The first-order valence-corrected chi connectivity index (χ1v) is 11.7. The van der Waals surface area contributed by atoms with E-state index in [4.69, 9.17) is 15.2 Å². The minimum atomic E-state index is 0.498. The molecule has 2 aromatic heterocycles. The van der Waals surface area contributed by atoms with Gasteiger partial charge in [0.15, 0.2) is 0 Å². The number of nitrogens with zero attached hydrogens (tertiary/aromatic N) is 5. The van der Waals surface area contributed by atoms with Gasteiger partial charge in [-0.15, -0.1) is 0 Å². The molecule has 0 amide bonds. The zero-order valence-corrected chi connectivity index (χ0v) is 19.5. The maximum Gasteiger partial charge on any atom is 0.229 e. The molecule has 0 aliphatic carbocycles. The van der Waals surface area contributed by atoms with Crippen LogP contribution < -0.4 is 21.7 Å². The Morgan fingerprint density at radius 2 is 1.47 bits per heavy atom. The number of imidazole rings is 1. The number of hydrogen-bond acceptors (Lipinski definition) is 10. The van der Waals surface area contributed by atoms with Gasteiger partial charge in [-0.1, -0.05) is 30.3 Å². The van der Waals surface area contributed by atoms with Crippen LogP contribution in [0.2, 0.25) is 0 Å². The van der Waals surface area contributed by atoms with Gasteiger partial charge in [0.2, 0.25) is 17.8 Å². The van der Waals surface area contributed by atoms with Crippen molar-refractivity contribution in [1.29, 1.82) is 0 Å². The van der Waals surface area contributed by atoms with E-state index in [1.54, 1.807) is 6.20 Å². The second-order valence-electron chi connectivity index (χ2n) is 7.49. The van der Waals surface area contributed by atoms with Crippen LogP contribution in [0.5, 0.6) is 0 Å². The van der Waals surface area contributed by atoms with Gasteiger partial charge in [-0.05, 0) is 18.4 Å².